The minimum absolute atomic E-state index is 0.165. The summed E-state index contributed by atoms with van der Waals surface area (Å²) < 4.78 is 6.33. The van der Waals surface area contributed by atoms with Gasteiger partial charge in [0, 0.05) is 13.1 Å². The van der Waals surface area contributed by atoms with Gasteiger partial charge in [-0.05, 0) is 28.7 Å². The maximum Gasteiger partial charge on any atom is 0.0959 e. The maximum atomic E-state index is 6.33. The van der Waals surface area contributed by atoms with Crippen LogP contribution in [0.3, 0.4) is 0 Å². The Balaban J connectivity index is 1.87. The Labute approximate surface area is 121 Å². The molecule has 0 saturated carbocycles. The standard InChI is InChI=1S/C18H23NO/c1-13(2)10-15-11-19-12-18(20-15)17-9-5-7-14-6-3-4-8-16(14)17/h3-9,13,15,18-19H,10-12H2,1-2H3. The minimum Gasteiger partial charge on any atom is -0.368 e. The molecule has 0 aromatic heterocycles. The van der Waals surface area contributed by atoms with Gasteiger partial charge in [-0.2, -0.15) is 0 Å². The first-order valence-electron chi connectivity index (χ1n) is 7.58. The zero-order valence-electron chi connectivity index (χ0n) is 12.3. The SMILES string of the molecule is CC(C)CC1CNCC(c2cccc3ccccc23)O1. The van der Waals surface area contributed by atoms with Crippen molar-refractivity contribution < 1.29 is 4.74 Å². The number of hydrogen-bond donors (Lipinski definition) is 1. The molecule has 0 radical (unpaired) electrons. The van der Waals surface area contributed by atoms with Gasteiger partial charge >= 0.3 is 0 Å². The number of fused-ring (bicyclic) bond motifs is 1. The van der Waals surface area contributed by atoms with Gasteiger partial charge in [0.25, 0.3) is 0 Å². The lowest BCUT2D eigenvalue weighted by Crippen LogP contribution is -2.41. The molecule has 1 N–H and O–H groups in total. The van der Waals surface area contributed by atoms with E-state index in [4.69, 9.17) is 4.74 Å². The average molecular weight is 269 g/mol. The molecule has 0 spiro atoms. The molecule has 0 aliphatic carbocycles. The lowest BCUT2D eigenvalue weighted by molar-refractivity contribution is -0.0467. The van der Waals surface area contributed by atoms with Crippen LogP contribution in [0.25, 0.3) is 10.8 Å². The van der Waals surface area contributed by atoms with Gasteiger partial charge in [0.1, 0.15) is 0 Å². The van der Waals surface area contributed by atoms with Crippen LogP contribution in [0.1, 0.15) is 31.9 Å². The molecule has 1 aliphatic heterocycles. The fourth-order valence-electron chi connectivity index (χ4n) is 3.08. The number of benzene rings is 2. The molecule has 106 valence electrons. The van der Waals surface area contributed by atoms with E-state index in [1.807, 2.05) is 0 Å². The van der Waals surface area contributed by atoms with Crippen molar-refractivity contribution in [1.82, 2.24) is 5.32 Å². The number of morpholine rings is 1. The van der Waals surface area contributed by atoms with Crippen molar-refractivity contribution in [2.24, 2.45) is 5.92 Å². The summed E-state index contributed by atoms with van der Waals surface area (Å²) in [6, 6.07) is 15.1. The first kappa shape index (κ1) is 13.6. The Kier molecular flexibility index (Phi) is 4.04. The van der Waals surface area contributed by atoms with Gasteiger partial charge in [0.2, 0.25) is 0 Å². The molecule has 0 bridgehead atoms. The average Bonchev–Trinajstić information content (AvgIpc) is 2.46. The van der Waals surface area contributed by atoms with Crippen LogP contribution in [-0.2, 0) is 4.74 Å². The second kappa shape index (κ2) is 5.94. The molecule has 1 heterocycles. The normalized spacial score (nSPS) is 23.4. The van der Waals surface area contributed by atoms with E-state index in [-0.39, 0.29) is 6.10 Å². The van der Waals surface area contributed by atoms with Crippen LogP contribution in [0.4, 0.5) is 0 Å². The van der Waals surface area contributed by atoms with Gasteiger partial charge in [-0.1, -0.05) is 56.3 Å². The predicted octanol–water partition coefficient (Wildman–Crippen LogP) is 3.92. The molecule has 2 aromatic rings. The molecule has 2 atom stereocenters. The van der Waals surface area contributed by atoms with Gasteiger partial charge < -0.3 is 10.1 Å². The number of ether oxygens (including phenoxy) is 1. The third kappa shape index (κ3) is 2.87. The van der Waals surface area contributed by atoms with Crippen LogP contribution in [-0.4, -0.2) is 19.2 Å². The van der Waals surface area contributed by atoms with Crippen molar-refractivity contribution in [3.05, 3.63) is 48.0 Å². The predicted molar refractivity (Wildman–Crippen MR) is 83.9 cm³/mol. The maximum absolute atomic E-state index is 6.33. The van der Waals surface area contributed by atoms with Gasteiger partial charge in [-0.15, -0.1) is 0 Å². The molecule has 2 aromatic carbocycles. The summed E-state index contributed by atoms with van der Waals surface area (Å²) in [6.45, 7) is 6.39. The third-order valence-electron chi connectivity index (χ3n) is 3.96. The molecule has 1 fully saturated rings. The lowest BCUT2D eigenvalue weighted by Gasteiger charge is -2.32. The highest BCUT2D eigenvalue weighted by atomic mass is 16.5. The Morgan fingerprint density at radius 3 is 2.75 bits per heavy atom. The second-order valence-electron chi connectivity index (χ2n) is 6.10. The molecule has 2 nitrogen and oxygen atoms in total. The van der Waals surface area contributed by atoms with Gasteiger partial charge in [-0.25, -0.2) is 0 Å². The summed E-state index contributed by atoms with van der Waals surface area (Å²) >= 11 is 0. The lowest BCUT2D eigenvalue weighted by atomic mass is 9.98. The summed E-state index contributed by atoms with van der Waals surface area (Å²) in [7, 11) is 0. The molecule has 3 rings (SSSR count). The molecule has 0 amide bonds. The quantitative estimate of drug-likeness (QED) is 0.912. The topological polar surface area (TPSA) is 21.3 Å². The van der Waals surface area contributed by atoms with E-state index in [1.54, 1.807) is 0 Å². The van der Waals surface area contributed by atoms with Crippen LogP contribution in [0.5, 0.6) is 0 Å². The first-order valence-corrected chi connectivity index (χ1v) is 7.58. The minimum atomic E-state index is 0.165. The van der Waals surface area contributed by atoms with Crippen LogP contribution in [0.2, 0.25) is 0 Å². The molecule has 1 saturated heterocycles. The van der Waals surface area contributed by atoms with Gasteiger partial charge in [0.15, 0.2) is 0 Å². The summed E-state index contributed by atoms with van der Waals surface area (Å²) in [6.07, 6.45) is 1.61. The highest BCUT2D eigenvalue weighted by Crippen LogP contribution is 2.29. The van der Waals surface area contributed by atoms with E-state index in [0.717, 1.165) is 19.5 Å². The van der Waals surface area contributed by atoms with Crippen LogP contribution >= 0.6 is 0 Å². The van der Waals surface area contributed by atoms with E-state index in [2.05, 4.69) is 61.6 Å². The monoisotopic (exact) mass is 269 g/mol. The number of nitrogens with one attached hydrogen (secondary N) is 1. The zero-order valence-corrected chi connectivity index (χ0v) is 12.3. The molecule has 2 heteroatoms. The number of rotatable bonds is 3. The van der Waals surface area contributed by atoms with Gasteiger partial charge in [-0.3, -0.25) is 0 Å². The van der Waals surface area contributed by atoms with Crippen molar-refractivity contribution in [1.29, 1.82) is 0 Å². The summed E-state index contributed by atoms with van der Waals surface area (Å²) in [5.41, 5.74) is 1.31. The third-order valence-corrected chi connectivity index (χ3v) is 3.96. The van der Waals surface area contributed by atoms with Crippen molar-refractivity contribution in [3.8, 4) is 0 Å². The number of hydrogen-bond acceptors (Lipinski definition) is 2. The van der Waals surface area contributed by atoms with Crippen LogP contribution in [0, 0.1) is 5.92 Å². The fourth-order valence-corrected chi connectivity index (χ4v) is 3.08. The zero-order chi connectivity index (χ0) is 13.9. The highest BCUT2D eigenvalue weighted by Gasteiger charge is 2.24. The van der Waals surface area contributed by atoms with Crippen molar-refractivity contribution >= 4 is 10.8 Å². The van der Waals surface area contributed by atoms with E-state index in [9.17, 15) is 0 Å². The Morgan fingerprint density at radius 2 is 1.90 bits per heavy atom. The molecule has 2 unspecified atom stereocenters. The van der Waals surface area contributed by atoms with Crippen molar-refractivity contribution in [2.75, 3.05) is 13.1 Å². The smallest absolute Gasteiger partial charge is 0.0959 e. The molecule has 1 aliphatic rings. The molecule has 20 heavy (non-hydrogen) atoms. The van der Waals surface area contributed by atoms with E-state index < -0.39 is 0 Å². The van der Waals surface area contributed by atoms with Crippen molar-refractivity contribution in [3.63, 3.8) is 0 Å². The summed E-state index contributed by atoms with van der Waals surface area (Å²) in [4.78, 5) is 0. The summed E-state index contributed by atoms with van der Waals surface area (Å²) in [5.74, 6) is 0.674. The van der Waals surface area contributed by atoms with Crippen LogP contribution in [0.15, 0.2) is 42.5 Å². The van der Waals surface area contributed by atoms with Gasteiger partial charge in [0.05, 0.1) is 12.2 Å². The Bertz CT molecular complexity index is 573. The first-order chi connectivity index (χ1) is 9.74. The van der Waals surface area contributed by atoms with E-state index >= 15 is 0 Å². The molecular weight excluding hydrogens is 246 g/mol. The van der Waals surface area contributed by atoms with Crippen LogP contribution < -0.4 is 5.32 Å². The Hall–Kier alpha value is -1.38. The Morgan fingerprint density at radius 1 is 1.10 bits per heavy atom. The summed E-state index contributed by atoms with van der Waals surface area (Å²) in [5, 5.41) is 6.13. The second-order valence-corrected chi connectivity index (χ2v) is 6.10. The van der Waals surface area contributed by atoms with E-state index in [0.29, 0.717) is 12.0 Å². The van der Waals surface area contributed by atoms with E-state index in [1.165, 1.54) is 16.3 Å². The highest BCUT2D eigenvalue weighted by molar-refractivity contribution is 5.86. The largest absolute Gasteiger partial charge is 0.368 e. The fraction of sp³-hybridized carbons (Fsp3) is 0.444. The molecular formula is C18H23NO. The van der Waals surface area contributed by atoms with Crippen molar-refractivity contribution in [2.45, 2.75) is 32.5 Å².